The molecule has 4 rings (SSSR count). The summed E-state index contributed by atoms with van der Waals surface area (Å²) in [6, 6.07) is 11.5. The van der Waals surface area contributed by atoms with Crippen LogP contribution in [0, 0.1) is 6.92 Å². The second-order valence-electron chi connectivity index (χ2n) is 9.73. The lowest BCUT2D eigenvalue weighted by atomic mass is 9.97. The molecule has 0 unspecified atom stereocenters. The van der Waals surface area contributed by atoms with E-state index in [1.165, 1.54) is 15.2 Å². The summed E-state index contributed by atoms with van der Waals surface area (Å²) < 4.78 is 0. The maximum atomic E-state index is 13.3. The minimum Gasteiger partial charge on any atom is -0.387 e. The van der Waals surface area contributed by atoms with Crippen molar-refractivity contribution in [3.8, 4) is 11.1 Å². The predicted octanol–water partition coefficient (Wildman–Crippen LogP) is 4.05. The van der Waals surface area contributed by atoms with Crippen LogP contribution in [-0.4, -0.2) is 71.3 Å². The fourth-order valence-electron chi connectivity index (χ4n) is 4.66. The second kappa shape index (κ2) is 12.5. The Balaban J connectivity index is 1.57. The van der Waals surface area contributed by atoms with Crippen molar-refractivity contribution in [3.05, 3.63) is 58.7 Å². The van der Waals surface area contributed by atoms with E-state index in [1.54, 1.807) is 13.1 Å². The highest BCUT2D eigenvalue weighted by atomic mass is 16.2. The van der Waals surface area contributed by atoms with Gasteiger partial charge in [0.25, 0.3) is 5.91 Å². The van der Waals surface area contributed by atoms with Crippen LogP contribution in [0.4, 0.5) is 5.69 Å². The lowest BCUT2D eigenvalue weighted by Crippen LogP contribution is -2.44. The molecular formula is C28H36N10O2. The molecular weight excluding hydrogens is 508 g/mol. The molecule has 0 spiro atoms. The van der Waals surface area contributed by atoms with Gasteiger partial charge in [0.2, 0.25) is 5.91 Å². The number of fused-ring (bicyclic) bond motifs is 1. The van der Waals surface area contributed by atoms with Crippen LogP contribution in [0.2, 0.25) is 0 Å². The molecule has 0 bridgehead atoms. The van der Waals surface area contributed by atoms with Crippen molar-refractivity contribution >= 4 is 36.1 Å². The number of nitrogens with two attached hydrogens (primary N) is 1. The fraction of sp³-hybridized carbons (Fsp3) is 0.357. The van der Waals surface area contributed by atoms with E-state index in [9.17, 15) is 9.59 Å². The predicted molar refractivity (Wildman–Crippen MR) is 156 cm³/mol. The maximum absolute atomic E-state index is 13.3. The summed E-state index contributed by atoms with van der Waals surface area (Å²) in [5, 5.41) is 15.6. The number of amidine groups is 1. The summed E-state index contributed by atoms with van der Waals surface area (Å²) in [5.74, 6) is 0.0940. The van der Waals surface area contributed by atoms with Crippen LogP contribution < -0.4 is 11.3 Å². The molecule has 0 saturated heterocycles. The van der Waals surface area contributed by atoms with Gasteiger partial charge in [-0.1, -0.05) is 38.1 Å². The highest BCUT2D eigenvalue weighted by Gasteiger charge is 2.23. The normalized spacial score (nSPS) is 14.3. The minimum atomic E-state index is -0.313. The molecule has 2 heterocycles. The Labute approximate surface area is 234 Å². The Morgan fingerprint density at radius 2 is 1.77 bits per heavy atom. The zero-order chi connectivity index (χ0) is 28.8. The summed E-state index contributed by atoms with van der Waals surface area (Å²) in [4.78, 5) is 33.0. The number of rotatable bonds is 10. The molecule has 12 heteroatoms. The summed E-state index contributed by atoms with van der Waals surface area (Å²) in [7, 11) is 1.69. The molecule has 40 heavy (non-hydrogen) atoms. The van der Waals surface area contributed by atoms with Crippen LogP contribution >= 0.6 is 0 Å². The molecule has 0 aromatic heterocycles. The molecule has 3 N–H and O–H groups in total. The molecule has 0 atom stereocenters. The first kappa shape index (κ1) is 28.4. The zero-order valence-corrected chi connectivity index (χ0v) is 23.5. The molecule has 210 valence electrons. The van der Waals surface area contributed by atoms with Crippen molar-refractivity contribution in [2.75, 3.05) is 26.8 Å². The number of hydrazone groups is 1. The first-order valence-electron chi connectivity index (χ1n) is 13.3. The third-order valence-electron chi connectivity index (χ3n) is 6.55. The number of amides is 2. The number of nitrogens with one attached hydrogen (secondary N) is 1. The highest BCUT2D eigenvalue weighted by Crippen LogP contribution is 2.33. The second-order valence-corrected chi connectivity index (χ2v) is 9.73. The maximum Gasteiger partial charge on any atom is 0.276 e. The van der Waals surface area contributed by atoms with Crippen LogP contribution in [0.5, 0.6) is 0 Å². The van der Waals surface area contributed by atoms with E-state index >= 15 is 0 Å². The van der Waals surface area contributed by atoms with Gasteiger partial charge in [-0.05, 0) is 65.1 Å². The van der Waals surface area contributed by atoms with Gasteiger partial charge in [0.1, 0.15) is 5.84 Å². The number of benzene rings is 2. The van der Waals surface area contributed by atoms with E-state index in [2.05, 4.69) is 46.6 Å². The first-order valence-corrected chi connectivity index (χ1v) is 13.3. The summed E-state index contributed by atoms with van der Waals surface area (Å²) in [6.45, 7) is 11.0. The summed E-state index contributed by atoms with van der Waals surface area (Å²) in [6.07, 6.45) is 4.00. The number of nitrogens with zero attached hydrogens (tertiary/aromatic N) is 8. The lowest BCUT2D eigenvalue weighted by molar-refractivity contribution is -0.127. The number of hydrogen-bond donors (Lipinski definition) is 2. The van der Waals surface area contributed by atoms with Crippen molar-refractivity contribution in [2.24, 2.45) is 26.3 Å². The van der Waals surface area contributed by atoms with Crippen LogP contribution in [0.25, 0.3) is 17.2 Å². The third kappa shape index (κ3) is 6.34. The third-order valence-corrected chi connectivity index (χ3v) is 6.55. The van der Waals surface area contributed by atoms with Gasteiger partial charge in [-0.25, -0.2) is 10.0 Å². The smallest absolute Gasteiger partial charge is 0.276 e. The topological polar surface area (TPSA) is 135 Å². The molecule has 2 amide bonds. The largest absolute Gasteiger partial charge is 0.387 e. The summed E-state index contributed by atoms with van der Waals surface area (Å²) in [5.41, 5.74) is 14.4. The van der Waals surface area contributed by atoms with E-state index in [4.69, 9.17) is 5.73 Å². The Bertz CT molecular complexity index is 1380. The SMILES string of the molecule is C=NN(CN1N=NN(C)N1)C(=O)c1ccc(-c2ccc3c(c2)N=C(N)CC(C(=O)N(CCC)CCC)=C3)cc1C. The quantitative estimate of drug-likeness (QED) is 0.342. The van der Waals surface area contributed by atoms with Gasteiger partial charge in [0, 0.05) is 50.0 Å². The molecule has 0 aliphatic carbocycles. The number of aliphatic imine (C=N–C) groups is 1. The number of carbonyl (C=O) groups excluding carboxylic acids is 2. The van der Waals surface area contributed by atoms with Gasteiger partial charge in [0.15, 0.2) is 6.67 Å². The van der Waals surface area contributed by atoms with E-state index < -0.39 is 0 Å². The molecule has 0 radical (unpaired) electrons. The number of carbonyl (C=O) groups is 2. The van der Waals surface area contributed by atoms with Crippen molar-refractivity contribution in [3.63, 3.8) is 0 Å². The lowest BCUT2D eigenvalue weighted by Gasteiger charge is -2.22. The van der Waals surface area contributed by atoms with Gasteiger partial charge in [-0.3, -0.25) is 9.59 Å². The average Bonchev–Trinajstić information content (AvgIpc) is 3.27. The fourth-order valence-corrected chi connectivity index (χ4v) is 4.66. The molecule has 12 nitrogen and oxygen atoms in total. The summed E-state index contributed by atoms with van der Waals surface area (Å²) >= 11 is 0. The number of hydrazine groups is 2. The van der Waals surface area contributed by atoms with E-state index in [-0.39, 0.29) is 18.5 Å². The molecule has 2 aromatic rings. The molecule has 0 fully saturated rings. The van der Waals surface area contributed by atoms with Crippen LogP contribution in [0.1, 0.15) is 54.6 Å². The average molecular weight is 545 g/mol. The van der Waals surface area contributed by atoms with Gasteiger partial charge in [-0.2, -0.15) is 15.3 Å². The van der Waals surface area contributed by atoms with E-state index in [0.717, 1.165) is 35.1 Å². The number of hydrogen-bond acceptors (Lipinski definition) is 10. The molecule has 2 aromatic carbocycles. The first-order chi connectivity index (χ1) is 19.2. The molecule has 2 aliphatic rings. The van der Waals surface area contributed by atoms with Crippen molar-refractivity contribution in [2.45, 2.75) is 40.0 Å². The van der Waals surface area contributed by atoms with Gasteiger partial charge in [0.05, 0.1) is 5.69 Å². The van der Waals surface area contributed by atoms with Crippen LogP contribution in [-0.2, 0) is 4.79 Å². The molecule has 0 saturated carbocycles. The highest BCUT2D eigenvalue weighted by molar-refractivity contribution is 6.05. The zero-order valence-electron chi connectivity index (χ0n) is 23.5. The van der Waals surface area contributed by atoms with E-state index in [0.29, 0.717) is 42.2 Å². The molecule has 2 aliphatic heterocycles. The van der Waals surface area contributed by atoms with Gasteiger partial charge in [-0.15, -0.1) is 5.53 Å². The number of aryl methyl sites for hydroxylation is 1. The van der Waals surface area contributed by atoms with E-state index in [1.807, 2.05) is 48.2 Å². The Morgan fingerprint density at radius 1 is 1.07 bits per heavy atom. The standard InChI is InChI=1S/C28H36N10O2/c1-6-12-36(13-7-2)27(39)23-15-22-9-8-21(16-25(22)31-26(29)17-23)20-10-11-24(19(3)14-20)28(40)37(30-4)18-38-33-32-35(5)34-38/h8-11,14-16,34H,4,6-7,12-13,17-18H2,1-3,5H3,(H2,29,31). The Hall–Kier alpha value is -4.58. The van der Waals surface area contributed by atoms with Gasteiger partial charge >= 0.3 is 0 Å². The van der Waals surface area contributed by atoms with Crippen molar-refractivity contribution in [1.82, 2.24) is 25.7 Å². The van der Waals surface area contributed by atoms with Gasteiger partial charge < -0.3 is 10.6 Å². The minimum absolute atomic E-state index is 0.00770. The Morgan fingerprint density at radius 3 is 2.40 bits per heavy atom. The van der Waals surface area contributed by atoms with Crippen LogP contribution in [0.3, 0.4) is 0 Å². The van der Waals surface area contributed by atoms with Crippen LogP contribution in [0.15, 0.2) is 62.5 Å². The monoisotopic (exact) mass is 544 g/mol. The van der Waals surface area contributed by atoms with Crippen molar-refractivity contribution < 1.29 is 9.59 Å². The Kier molecular flexibility index (Phi) is 8.90. The van der Waals surface area contributed by atoms with Crippen molar-refractivity contribution in [1.29, 1.82) is 0 Å².